The van der Waals surface area contributed by atoms with Gasteiger partial charge in [0.05, 0.1) is 0 Å². The second-order valence-electron chi connectivity index (χ2n) is 5.52. The van der Waals surface area contributed by atoms with Crippen LogP contribution in [0.3, 0.4) is 0 Å². The second kappa shape index (κ2) is 6.17. The summed E-state index contributed by atoms with van der Waals surface area (Å²) >= 11 is 0. The minimum Gasteiger partial charge on any atom is -0.388 e. The molecule has 0 aromatic carbocycles. The summed E-state index contributed by atoms with van der Waals surface area (Å²) in [7, 11) is 0. The molecule has 0 saturated heterocycles. The van der Waals surface area contributed by atoms with Gasteiger partial charge in [0.2, 0.25) is 0 Å². The van der Waals surface area contributed by atoms with E-state index in [0.29, 0.717) is 19.1 Å². The molecule has 2 aliphatic carbocycles. The van der Waals surface area contributed by atoms with Crippen molar-refractivity contribution in [2.75, 3.05) is 13.2 Å². The molecule has 0 amide bonds. The van der Waals surface area contributed by atoms with Gasteiger partial charge in [-0.15, -0.1) is 0 Å². The quantitative estimate of drug-likeness (QED) is 0.697. The van der Waals surface area contributed by atoms with Crippen LogP contribution in [0.4, 0.5) is 0 Å². The summed E-state index contributed by atoms with van der Waals surface area (Å²) in [6, 6.07) is 0. The predicted octanol–water partition coefficient (Wildman–Crippen LogP) is 2.57. The van der Waals surface area contributed by atoms with Crippen LogP contribution in [0.2, 0.25) is 0 Å². The number of rotatable bonds is 7. The number of ether oxygens (including phenoxy) is 2. The van der Waals surface area contributed by atoms with Crippen LogP contribution in [0.5, 0.6) is 0 Å². The van der Waals surface area contributed by atoms with E-state index in [4.69, 9.17) is 9.47 Å². The van der Waals surface area contributed by atoms with Gasteiger partial charge in [0.1, 0.15) is 6.10 Å². The van der Waals surface area contributed by atoms with Crippen molar-refractivity contribution in [3.05, 3.63) is 0 Å². The summed E-state index contributed by atoms with van der Waals surface area (Å²) in [5.41, 5.74) is 0. The third kappa shape index (κ3) is 3.21. The van der Waals surface area contributed by atoms with Crippen LogP contribution in [0, 0.1) is 17.8 Å². The molecule has 2 rings (SSSR count). The first-order chi connectivity index (χ1) is 8.24. The highest BCUT2D eigenvalue weighted by atomic mass is 16.7. The lowest BCUT2D eigenvalue weighted by atomic mass is 9.85. The molecular formula is C14H26O3. The van der Waals surface area contributed by atoms with E-state index >= 15 is 0 Å². The van der Waals surface area contributed by atoms with Crippen molar-refractivity contribution in [2.24, 2.45) is 17.8 Å². The lowest BCUT2D eigenvalue weighted by Crippen LogP contribution is -2.34. The first-order valence-corrected chi connectivity index (χ1v) is 7.15. The molecule has 17 heavy (non-hydrogen) atoms. The maximum absolute atomic E-state index is 10.2. The van der Waals surface area contributed by atoms with E-state index in [9.17, 15) is 5.11 Å². The average molecular weight is 242 g/mol. The topological polar surface area (TPSA) is 38.7 Å². The second-order valence-corrected chi connectivity index (χ2v) is 5.52. The highest BCUT2D eigenvalue weighted by Crippen LogP contribution is 2.50. The zero-order chi connectivity index (χ0) is 12.3. The van der Waals surface area contributed by atoms with Gasteiger partial charge in [0.25, 0.3) is 0 Å². The van der Waals surface area contributed by atoms with Gasteiger partial charge in [0.15, 0.2) is 6.29 Å². The molecule has 0 aromatic heterocycles. The summed E-state index contributed by atoms with van der Waals surface area (Å²) < 4.78 is 10.9. The summed E-state index contributed by atoms with van der Waals surface area (Å²) in [6.07, 6.45) is 5.46. The van der Waals surface area contributed by atoms with Gasteiger partial charge in [-0.2, -0.15) is 0 Å². The Morgan fingerprint density at radius 1 is 1.12 bits per heavy atom. The SMILES string of the molecule is CCOC(OCC)C(O)CC1CC2CCC1C2. The Balaban J connectivity index is 1.80. The Morgan fingerprint density at radius 3 is 2.29 bits per heavy atom. The van der Waals surface area contributed by atoms with Crippen LogP contribution < -0.4 is 0 Å². The highest BCUT2D eigenvalue weighted by molar-refractivity contribution is 4.91. The molecule has 100 valence electrons. The minimum absolute atomic E-state index is 0.427. The van der Waals surface area contributed by atoms with E-state index in [1.165, 1.54) is 25.7 Å². The number of aliphatic hydroxyl groups excluding tert-OH is 1. The maximum Gasteiger partial charge on any atom is 0.183 e. The van der Waals surface area contributed by atoms with E-state index in [-0.39, 0.29) is 0 Å². The molecule has 0 heterocycles. The van der Waals surface area contributed by atoms with Crippen LogP contribution in [0.1, 0.15) is 46.0 Å². The standard InChI is InChI=1S/C14H26O3/c1-3-16-14(17-4-2)13(15)9-12-8-10-5-6-11(12)7-10/h10-15H,3-9H2,1-2H3. The Labute approximate surface area is 104 Å². The molecule has 1 N–H and O–H groups in total. The van der Waals surface area contributed by atoms with E-state index in [1.807, 2.05) is 13.8 Å². The Kier molecular flexibility index (Phi) is 4.83. The number of aliphatic hydroxyl groups is 1. The monoisotopic (exact) mass is 242 g/mol. The zero-order valence-corrected chi connectivity index (χ0v) is 11.1. The third-order valence-corrected chi connectivity index (χ3v) is 4.40. The van der Waals surface area contributed by atoms with E-state index in [2.05, 4.69) is 0 Å². The molecule has 2 saturated carbocycles. The lowest BCUT2D eigenvalue weighted by molar-refractivity contribution is -0.194. The number of hydrogen-bond donors (Lipinski definition) is 1. The van der Waals surface area contributed by atoms with Crippen molar-refractivity contribution in [3.63, 3.8) is 0 Å². The zero-order valence-electron chi connectivity index (χ0n) is 11.1. The average Bonchev–Trinajstić information content (AvgIpc) is 2.90. The largest absolute Gasteiger partial charge is 0.388 e. The van der Waals surface area contributed by atoms with E-state index in [1.54, 1.807) is 0 Å². The Hall–Kier alpha value is -0.120. The molecule has 4 unspecified atom stereocenters. The molecule has 4 atom stereocenters. The van der Waals surface area contributed by atoms with Crippen LogP contribution in [0.15, 0.2) is 0 Å². The first kappa shape index (κ1) is 13.3. The third-order valence-electron chi connectivity index (χ3n) is 4.40. The molecule has 0 radical (unpaired) electrons. The van der Waals surface area contributed by atoms with Gasteiger partial charge >= 0.3 is 0 Å². The lowest BCUT2D eigenvalue weighted by Gasteiger charge is -2.28. The summed E-state index contributed by atoms with van der Waals surface area (Å²) in [4.78, 5) is 0. The normalized spacial score (nSPS) is 33.5. The van der Waals surface area contributed by atoms with Crippen molar-refractivity contribution < 1.29 is 14.6 Å². The number of fused-ring (bicyclic) bond motifs is 2. The van der Waals surface area contributed by atoms with Gasteiger partial charge in [-0.1, -0.05) is 6.42 Å². The van der Waals surface area contributed by atoms with Crippen molar-refractivity contribution in [1.29, 1.82) is 0 Å². The fourth-order valence-electron chi connectivity index (χ4n) is 3.69. The molecule has 0 aromatic rings. The van der Waals surface area contributed by atoms with E-state index in [0.717, 1.165) is 18.3 Å². The fourth-order valence-corrected chi connectivity index (χ4v) is 3.69. The van der Waals surface area contributed by atoms with Gasteiger partial charge in [-0.05, 0) is 57.3 Å². The molecule has 2 aliphatic rings. The van der Waals surface area contributed by atoms with Crippen molar-refractivity contribution >= 4 is 0 Å². The van der Waals surface area contributed by atoms with Crippen molar-refractivity contribution in [1.82, 2.24) is 0 Å². The van der Waals surface area contributed by atoms with Gasteiger partial charge in [-0.25, -0.2) is 0 Å². The van der Waals surface area contributed by atoms with Gasteiger partial charge in [0, 0.05) is 13.2 Å². The molecule has 2 fully saturated rings. The molecule has 3 heteroatoms. The van der Waals surface area contributed by atoms with Crippen LogP contribution in [0.25, 0.3) is 0 Å². The van der Waals surface area contributed by atoms with Crippen LogP contribution >= 0.6 is 0 Å². The predicted molar refractivity (Wildman–Crippen MR) is 66.6 cm³/mol. The smallest absolute Gasteiger partial charge is 0.183 e. The molecular weight excluding hydrogens is 216 g/mol. The molecule has 0 aliphatic heterocycles. The van der Waals surface area contributed by atoms with Crippen LogP contribution in [-0.4, -0.2) is 30.7 Å². The maximum atomic E-state index is 10.2. The van der Waals surface area contributed by atoms with E-state index < -0.39 is 12.4 Å². The molecule has 3 nitrogen and oxygen atoms in total. The molecule has 2 bridgehead atoms. The van der Waals surface area contributed by atoms with Crippen LogP contribution in [-0.2, 0) is 9.47 Å². The summed E-state index contributed by atoms with van der Waals surface area (Å²) in [6.45, 7) is 5.07. The Bertz CT molecular complexity index is 226. The molecule has 0 spiro atoms. The van der Waals surface area contributed by atoms with Crippen molar-refractivity contribution in [2.45, 2.75) is 58.3 Å². The van der Waals surface area contributed by atoms with Gasteiger partial charge in [-0.3, -0.25) is 0 Å². The number of hydrogen-bond acceptors (Lipinski definition) is 3. The highest BCUT2D eigenvalue weighted by Gasteiger charge is 2.41. The Morgan fingerprint density at radius 2 is 1.82 bits per heavy atom. The summed E-state index contributed by atoms with van der Waals surface area (Å²) in [5.74, 6) is 2.50. The van der Waals surface area contributed by atoms with Crippen molar-refractivity contribution in [3.8, 4) is 0 Å². The minimum atomic E-state index is -0.459. The summed E-state index contributed by atoms with van der Waals surface area (Å²) in [5, 5.41) is 10.2. The first-order valence-electron chi connectivity index (χ1n) is 7.15. The fraction of sp³-hybridized carbons (Fsp3) is 1.00. The van der Waals surface area contributed by atoms with Gasteiger partial charge < -0.3 is 14.6 Å².